The Hall–Kier alpha value is -1.45. The molecule has 0 aliphatic heterocycles. The predicted molar refractivity (Wildman–Crippen MR) is 75.9 cm³/mol. The van der Waals surface area contributed by atoms with Gasteiger partial charge in [-0.3, -0.25) is 4.68 Å². The van der Waals surface area contributed by atoms with E-state index in [1.165, 1.54) is 0 Å². The molecule has 0 aliphatic rings. The van der Waals surface area contributed by atoms with Gasteiger partial charge in [0.2, 0.25) is 10.0 Å². The number of rotatable bonds is 5. The van der Waals surface area contributed by atoms with E-state index in [2.05, 4.69) is 25.8 Å². The van der Waals surface area contributed by atoms with Crippen LogP contribution in [0.1, 0.15) is 0 Å². The number of nitrogens with zero attached hydrogens (tertiary/aromatic N) is 2. The summed E-state index contributed by atoms with van der Waals surface area (Å²) in [7, 11) is -3.77. The molecule has 1 aromatic heterocycles. The number of nitrogen functional groups attached to an aromatic ring is 1. The summed E-state index contributed by atoms with van der Waals surface area (Å²) in [6, 6.07) is 3.85. The highest BCUT2D eigenvalue weighted by Crippen LogP contribution is 2.26. The molecule has 0 amide bonds. The van der Waals surface area contributed by atoms with Crippen molar-refractivity contribution in [2.75, 3.05) is 12.3 Å². The monoisotopic (exact) mass is 362 g/mol. The zero-order valence-corrected chi connectivity index (χ0v) is 12.7. The molecule has 0 radical (unpaired) electrons. The summed E-state index contributed by atoms with van der Waals surface area (Å²) < 4.78 is 41.5. The number of hydrogen-bond donors (Lipinski definition) is 2. The van der Waals surface area contributed by atoms with Crippen LogP contribution in [0.4, 0.5) is 10.1 Å². The van der Waals surface area contributed by atoms with Crippen molar-refractivity contribution >= 4 is 31.6 Å². The molecule has 0 fully saturated rings. The zero-order valence-electron chi connectivity index (χ0n) is 10.3. The largest absolute Gasteiger partial charge is 0.396 e. The molecule has 0 saturated carbocycles. The van der Waals surface area contributed by atoms with Gasteiger partial charge >= 0.3 is 0 Å². The number of anilines is 1. The maximum absolute atomic E-state index is 13.2. The molecule has 6 nitrogen and oxygen atoms in total. The van der Waals surface area contributed by atoms with Crippen molar-refractivity contribution in [3.05, 3.63) is 40.9 Å². The smallest absolute Gasteiger partial charge is 0.241 e. The third kappa shape index (κ3) is 3.35. The van der Waals surface area contributed by atoms with Crippen molar-refractivity contribution in [3.8, 4) is 0 Å². The van der Waals surface area contributed by atoms with E-state index in [1.54, 1.807) is 23.1 Å². The highest BCUT2D eigenvalue weighted by molar-refractivity contribution is 9.10. The van der Waals surface area contributed by atoms with Crippen LogP contribution in [-0.2, 0) is 16.6 Å². The Balaban J connectivity index is 2.12. The molecular formula is C11H12BrFN4O2S. The second kappa shape index (κ2) is 5.90. The highest BCUT2D eigenvalue weighted by atomic mass is 79.9. The average molecular weight is 363 g/mol. The Labute approximate surface area is 124 Å². The van der Waals surface area contributed by atoms with E-state index in [-0.39, 0.29) is 21.6 Å². The van der Waals surface area contributed by atoms with E-state index in [4.69, 9.17) is 5.73 Å². The summed E-state index contributed by atoms with van der Waals surface area (Å²) >= 11 is 3.02. The zero-order chi connectivity index (χ0) is 14.8. The van der Waals surface area contributed by atoms with E-state index in [9.17, 15) is 12.8 Å². The fourth-order valence-electron chi connectivity index (χ4n) is 1.56. The summed E-state index contributed by atoms with van der Waals surface area (Å²) in [6.07, 6.45) is 3.33. The summed E-state index contributed by atoms with van der Waals surface area (Å²) in [5.74, 6) is -0.674. The third-order valence-electron chi connectivity index (χ3n) is 2.53. The van der Waals surface area contributed by atoms with Crippen LogP contribution in [0.15, 0.2) is 40.0 Å². The number of benzene rings is 1. The van der Waals surface area contributed by atoms with Crippen molar-refractivity contribution in [1.82, 2.24) is 14.5 Å². The Kier molecular flexibility index (Phi) is 4.41. The van der Waals surface area contributed by atoms with Gasteiger partial charge in [0.25, 0.3) is 0 Å². The van der Waals surface area contributed by atoms with Crippen LogP contribution in [0.5, 0.6) is 0 Å². The fourth-order valence-corrected chi connectivity index (χ4v) is 3.62. The molecule has 9 heteroatoms. The lowest BCUT2D eigenvalue weighted by Crippen LogP contribution is -2.28. The van der Waals surface area contributed by atoms with Gasteiger partial charge in [0, 0.05) is 23.4 Å². The first-order valence-corrected chi connectivity index (χ1v) is 7.89. The van der Waals surface area contributed by atoms with Gasteiger partial charge in [0.05, 0.1) is 17.1 Å². The van der Waals surface area contributed by atoms with Gasteiger partial charge in [0.15, 0.2) is 0 Å². The van der Waals surface area contributed by atoms with Gasteiger partial charge in [-0.1, -0.05) is 0 Å². The normalized spacial score (nSPS) is 11.7. The van der Waals surface area contributed by atoms with Crippen molar-refractivity contribution in [2.24, 2.45) is 0 Å². The number of nitrogens with one attached hydrogen (secondary N) is 1. The van der Waals surface area contributed by atoms with Crippen LogP contribution in [-0.4, -0.2) is 24.7 Å². The molecule has 0 bridgehead atoms. The Morgan fingerprint density at radius 3 is 2.85 bits per heavy atom. The molecule has 0 unspecified atom stereocenters. The fraction of sp³-hybridized carbons (Fsp3) is 0.182. The molecule has 0 aliphatic carbocycles. The second-order valence-corrected chi connectivity index (χ2v) is 6.56. The van der Waals surface area contributed by atoms with Crippen molar-refractivity contribution in [1.29, 1.82) is 0 Å². The van der Waals surface area contributed by atoms with Gasteiger partial charge in [-0.2, -0.15) is 5.10 Å². The Morgan fingerprint density at radius 2 is 2.20 bits per heavy atom. The number of halogens is 2. The quantitative estimate of drug-likeness (QED) is 0.785. The maximum Gasteiger partial charge on any atom is 0.241 e. The van der Waals surface area contributed by atoms with Gasteiger partial charge in [0.1, 0.15) is 5.82 Å². The average Bonchev–Trinajstić information content (AvgIpc) is 2.86. The molecule has 2 aromatic rings. The SMILES string of the molecule is Nc1cc(S(=O)(=O)NCCn2cccn2)c(Br)cc1F. The second-order valence-electron chi connectivity index (χ2n) is 3.97. The molecule has 108 valence electrons. The highest BCUT2D eigenvalue weighted by Gasteiger charge is 2.19. The van der Waals surface area contributed by atoms with Gasteiger partial charge < -0.3 is 5.73 Å². The van der Waals surface area contributed by atoms with E-state index >= 15 is 0 Å². The standard InChI is InChI=1S/C11H12BrFN4O2S/c12-8-6-9(13)10(14)7-11(8)20(18,19)16-3-5-17-4-1-2-15-17/h1-2,4,6-7,16H,3,5,14H2. The first-order valence-electron chi connectivity index (χ1n) is 5.62. The number of hydrogen-bond acceptors (Lipinski definition) is 4. The Bertz CT molecular complexity index is 703. The molecular weight excluding hydrogens is 351 g/mol. The predicted octanol–water partition coefficient (Wildman–Crippen LogP) is 1.35. The molecule has 1 heterocycles. The molecule has 0 saturated heterocycles. The summed E-state index contributed by atoms with van der Waals surface area (Å²) in [4.78, 5) is -0.100. The summed E-state index contributed by atoms with van der Waals surface area (Å²) in [6.45, 7) is 0.550. The van der Waals surface area contributed by atoms with Crippen molar-refractivity contribution in [2.45, 2.75) is 11.4 Å². The molecule has 3 N–H and O–H groups in total. The lowest BCUT2D eigenvalue weighted by molar-refractivity contribution is 0.560. The summed E-state index contributed by atoms with van der Waals surface area (Å²) in [5, 5.41) is 3.95. The van der Waals surface area contributed by atoms with Crippen LogP contribution in [0.2, 0.25) is 0 Å². The van der Waals surface area contributed by atoms with Crippen LogP contribution in [0.25, 0.3) is 0 Å². The Morgan fingerprint density at radius 1 is 1.45 bits per heavy atom. The first kappa shape index (κ1) is 14.9. The van der Waals surface area contributed by atoms with Crippen LogP contribution >= 0.6 is 15.9 Å². The number of nitrogens with two attached hydrogens (primary N) is 1. The third-order valence-corrected chi connectivity index (χ3v) is 4.95. The van der Waals surface area contributed by atoms with Crippen molar-refractivity contribution < 1.29 is 12.8 Å². The van der Waals surface area contributed by atoms with Crippen LogP contribution in [0.3, 0.4) is 0 Å². The molecule has 1 aromatic carbocycles. The molecule has 20 heavy (non-hydrogen) atoms. The number of sulfonamides is 1. The summed E-state index contributed by atoms with van der Waals surface area (Å²) in [5.41, 5.74) is 5.17. The van der Waals surface area contributed by atoms with E-state index in [0.717, 1.165) is 12.1 Å². The lowest BCUT2D eigenvalue weighted by atomic mass is 10.3. The van der Waals surface area contributed by atoms with E-state index < -0.39 is 15.8 Å². The van der Waals surface area contributed by atoms with E-state index in [0.29, 0.717) is 6.54 Å². The van der Waals surface area contributed by atoms with Crippen LogP contribution < -0.4 is 10.5 Å². The number of aromatic nitrogens is 2. The van der Waals surface area contributed by atoms with Crippen molar-refractivity contribution in [3.63, 3.8) is 0 Å². The molecule has 0 spiro atoms. The minimum Gasteiger partial charge on any atom is -0.396 e. The van der Waals surface area contributed by atoms with Crippen LogP contribution in [0, 0.1) is 5.82 Å². The van der Waals surface area contributed by atoms with Gasteiger partial charge in [-0.15, -0.1) is 0 Å². The minimum absolute atomic E-state index is 0.100. The van der Waals surface area contributed by atoms with Gasteiger partial charge in [-0.05, 0) is 34.1 Å². The molecule has 2 rings (SSSR count). The maximum atomic E-state index is 13.2. The first-order chi connectivity index (χ1) is 9.40. The minimum atomic E-state index is -3.77. The van der Waals surface area contributed by atoms with E-state index in [1.807, 2.05) is 0 Å². The lowest BCUT2D eigenvalue weighted by Gasteiger charge is -2.10. The topological polar surface area (TPSA) is 90.0 Å². The molecule has 0 atom stereocenters. The van der Waals surface area contributed by atoms with Gasteiger partial charge in [-0.25, -0.2) is 17.5 Å².